The van der Waals surface area contributed by atoms with Crippen LogP contribution >= 0.6 is 0 Å². The molecule has 4 nitrogen and oxygen atoms in total. The summed E-state index contributed by atoms with van der Waals surface area (Å²) in [4.78, 5) is 20.2. The Hall–Kier alpha value is -1.84. The highest BCUT2D eigenvalue weighted by atomic mass is 16.3. The maximum Gasteiger partial charge on any atom is 0.237 e. The summed E-state index contributed by atoms with van der Waals surface area (Å²) in [7, 11) is 0. The summed E-state index contributed by atoms with van der Waals surface area (Å²) in [5.41, 5.74) is 0.229. The lowest BCUT2D eigenvalue weighted by Crippen LogP contribution is -1.95. The summed E-state index contributed by atoms with van der Waals surface area (Å²) in [6.45, 7) is 0. The Morgan fingerprint density at radius 1 is 1.50 bits per heavy atom. The number of phenolic OH excluding ortho intramolecular Hbond substituents is 1. The van der Waals surface area contributed by atoms with Crippen LogP contribution in [0.5, 0.6) is 5.75 Å². The highest BCUT2D eigenvalue weighted by Gasteiger charge is 2.04. The average Bonchev–Trinajstić information content (AvgIpc) is 2.09. The first-order chi connectivity index (χ1) is 5.79. The van der Waals surface area contributed by atoms with Crippen molar-refractivity contribution in [3.63, 3.8) is 0 Å². The van der Waals surface area contributed by atoms with Gasteiger partial charge < -0.3 is 10.4 Å². The standard InChI is InChI=1S/C8H6NO3/c10-4-6-2-1-3-7(8(6)12)9-5-11/h1-3,5,12H,(H,9,11). The quantitative estimate of drug-likeness (QED) is 0.502. The van der Waals surface area contributed by atoms with Crippen molar-refractivity contribution in [2.75, 3.05) is 5.32 Å². The second kappa shape index (κ2) is 3.52. The minimum absolute atomic E-state index is 0.0295. The Kier molecular flexibility index (Phi) is 2.42. The summed E-state index contributed by atoms with van der Waals surface area (Å²) in [6.07, 6.45) is 1.96. The van der Waals surface area contributed by atoms with Gasteiger partial charge in [0.15, 0.2) is 0 Å². The molecule has 1 aromatic carbocycles. The molecule has 0 heterocycles. The monoisotopic (exact) mass is 164 g/mol. The predicted octanol–water partition coefficient (Wildman–Crippen LogP) is 0.418. The van der Waals surface area contributed by atoms with Gasteiger partial charge in [0.05, 0.1) is 11.3 Å². The zero-order valence-electron chi connectivity index (χ0n) is 6.07. The Morgan fingerprint density at radius 3 is 2.83 bits per heavy atom. The molecule has 0 atom stereocenters. The van der Waals surface area contributed by atoms with E-state index in [4.69, 9.17) is 0 Å². The lowest BCUT2D eigenvalue weighted by molar-refractivity contribution is -0.105. The minimum Gasteiger partial charge on any atom is -0.505 e. The van der Waals surface area contributed by atoms with Gasteiger partial charge in [0.2, 0.25) is 12.7 Å². The molecule has 0 fully saturated rings. The largest absolute Gasteiger partial charge is 0.505 e. The maximum atomic E-state index is 10.2. The second-order valence-corrected chi connectivity index (χ2v) is 2.07. The number of hydrogen-bond donors (Lipinski definition) is 2. The first-order valence-electron chi connectivity index (χ1n) is 3.20. The van der Waals surface area contributed by atoms with Crippen LogP contribution in [0.4, 0.5) is 5.69 Å². The van der Waals surface area contributed by atoms with E-state index in [1.54, 1.807) is 0 Å². The lowest BCUT2D eigenvalue weighted by atomic mass is 10.2. The van der Waals surface area contributed by atoms with Gasteiger partial charge in [-0.05, 0) is 12.1 Å². The van der Waals surface area contributed by atoms with Crippen molar-refractivity contribution in [2.45, 2.75) is 0 Å². The van der Waals surface area contributed by atoms with Gasteiger partial charge in [-0.2, -0.15) is 0 Å². The number of aromatic hydroxyl groups is 1. The van der Waals surface area contributed by atoms with Gasteiger partial charge in [-0.1, -0.05) is 6.07 Å². The van der Waals surface area contributed by atoms with Crippen molar-refractivity contribution in [3.05, 3.63) is 23.8 Å². The van der Waals surface area contributed by atoms with E-state index in [0.717, 1.165) is 0 Å². The smallest absolute Gasteiger partial charge is 0.237 e. The molecule has 0 spiro atoms. The fourth-order valence-corrected chi connectivity index (χ4v) is 0.806. The highest BCUT2D eigenvalue weighted by Crippen LogP contribution is 2.25. The normalized spacial score (nSPS) is 9.00. The molecular weight excluding hydrogens is 158 g/mol. The number of phenols is 1. The maximum absolute atomic E-state index is 10.2. The Bertz CT molecular complexity index is 309. The minimum atomic E-state index is -0.264. The molecule has 0 aliphatic heterocycles. The third-order valence-corrected chi connectivity index (χ3v) is 1.36. The topological polar surface area (TPSA) is 66.4 Å². The highest BCUT2D eigenvalue weighted by molar-refractivity contribution is 5.86. The molecule has 0 unspecified atom stereocenters. The van der Waals surface area contributed by atoms with E-state index < -0.39 is 0 Å². The summed E-state index contributed by atoms with van der Waals surface area (Å²) in [5.74, 6) is -0.264. The van der Waals surface area contributed by atoms with E-state index in [9.17, 15) is 14.7 Å². The fourth-order valence-electron chi connectivity index (χ4n) is 0.806. The van der Waals surface area contributed by atoms with Crippen LogP contribution in [0.3, 0.4) is 0 Å². The number of anilines is 1. The fraction of sp³-hybridized carbons (Fsp3) is 0. The second-order valence-electron chi connectivity index (χ2n) is 2.07. The number of benzene rings is 1. The Morgan fingerprint density at radius 2 is 2.25 bits per heavy atom. The predicted molar refractivity (Wildman–Crippen MR) is 42.6 cm³/mol. The number of nitrogens with one attached hydrogen (secondary N) is 1. The Balaban J connectivity index is 3.12. The van der Waals surface area contributed by atoms with Crippen molar-refractivity contribution in [3.8, 4) is 5.75 Å². The molecule has 0 saturated heterocycles. The van der Waals surface area contributed by atoms with Crippen LogP contribution in [0.25, 0.3) is 0 Å². The van der Waals surface area contributed by atoms with Gasteiger partial charge in [0.1, 0.15) is 5.75 Å². The molecule has 0 aliphatic rings. The van der Waals surface area contributed by atoms with E-state index in [2.05, 4.69) is 5.32 Å². The molecule has 61 valence electrons. The van der Waals surface area contributed by atoms with E-state index in [-0.39, 0.29) is 17.0 Å². The van der Waals surface area contributed by atoms with Crippen molar-refractivity contribution < 1.29 is 14.7 Å². The number of para-hydroxylation sites is 1. The van der Waals surface area contributed by atoms with E-state index in [1.807, 2.05) is 0 Å². The van der Waals surface area contributed by atoms with Crippen LogP contribution < -0.4 is 5.32 Å². The van der Waals surface area contributed by atoms with Crippen molar-refractivity contribution in [1.29, 1.82) is 0 Å². The molecule has 0 aromatic heterocycles. The zero-order chi connectivity index (χ0) is 8.97. The van der Waals surface area contributed by atoms with Crippen molar-refractivity contribution in [2.24, 2.45) is 0 Å². The van der Waals surface area contributed by atoms with Gasteiger partial charge in [-0.3, -0.25) is 9.59 Å². The number of rotatable bonds is 3. The van der Waals surface area contributed by atoms with E-state index >= 15 is 0 Å². The third kappa shape index (κ3) is 1.42. The van der Waals surface area contributed by atoms with Gasteiger partial charge in [0.25, 0.3) is 0 Å². The molecule has 1 aromatic rings. The van der Waals surface area contributed by atoms with E-state index in [0.29, 0.717) is 6.41 Å². The molecule has 1 amide bonds. The van der Waals surface area contributed by atoms with Crippen molar-refractivity contribution >= 4 is 18.4 Å². The summed E-state index contributed by atoms with van der Waals surface area (Å²) < 4.78 is 0. The van der Waals surface area contributed by atoms with Crippen LogP contribution in [-0.4, -0.2) is 17.8 Å². The van der Waals surface area contributed by atoms with Crippen LogP contribution in [0.2, 0.25) is 0 Å². The molecule has 0 aliphatic carbocycles. The summed E-state index contributed by atoms with van der Waals surface area (Å²) in [5, 5.41) is 11.5. The van der Waals surface area contributed by atoms with Gasteiger partial charge >= 0.3 is 0 Å². The van der Waals surface area contributed by atoms with Crippen LogP contribution in [0.1, 0.15) is 5.56 Å². The number of amides is 1. The molecule has 0 saturated carbocycles. The summed E-state index contributed by atoms with van der Waals surface area (Å²) in [6, 6.07) is 4.41. The van der Waals surface area contributed by atoms with Crippen LogP contribution in [0.15, 0.2) is 18.2 Å². The van der Waals surface area contributed by atoms with Crippen LogP contribution in [0, 0.1) is 0 Å². The molecule has 2 N–H and O–H groups in total. The molecule has 1 rings (SSSR count). The van der Waals surface area contributed by atoms with E-state index in [1.165, 1.54) is 24.5 Å². The number of hydrogen-bond acceptors (Lipinski definition) is 3. The third-order valence-electron chi connectivity index (χ3n) is 1.36. The zero-order valence-corrected chi connectivity index (χ0v) is 6.07. The van der Waals surface area contributed by atoms with Gasteiger partial charge in [-0.15, -0.1) is 0 Å². The van der Waals surface area contributed by atoms with Gasteiger partial charge in [-0.25, -0.2) is 0 Å². The molecule has 1 radical (unpaired) electrons. The average molecular weight is 164 g/mol. The first kappa shape index (κ1) is 8.26. The molecular formula is C8H6NO3. The van der Waals surface area contributed by atoms with Crippen LogP contribution in [-0.2, 0) is 9.59 Å². The Labute approximate surface area is 68.8 Å². The first-order valence-corrected chi connectivity index (χ1v) is 3.20. The molecule has 12 heavy (non-hydrogen) atoms. The molecule has 4 heteroatoms. The number of carbonyl (C=O) groups excluding carboxylic acids is 2. The van der Waals surface area contributed by atoms with Gasteiger partial charge in [0, 0.05) is 0 Å². The van der Waals surface area contributed by atoms with Crippen molar-refractivity contribution in [1.82, 2.24) is 0 Å². The number of carbonyl (C=O) groups is 1. The molecule has 0 bridgehead atoms. The summed E-state index contributed by atoms with van der Waals surface area (Å²) >= 11 is 0. The SMILES string of the molecule is O=[C]c1cccc(NC=O)c1O. The lowest BCUT2D eigenvalue weighted by Gasteiger charge is -2.02.